The third-order valence-corrected chi connectivity index (χ3v) is 3.68. The van der Waals surface area contributed by atoms with E-state index in [0.717, 1.165) is 12.0 Å². The maximum absolute atomic E-state index is 3.36. The highest BCUT2D eigenvalue weighted by atomic mass is 15.5. The first-order valence-corrected chi connectivity index (χ1v) is 5.55. The summed E-state index contributed by atoms with van der Waals surface area (Å²) in [6, 6.07) is 0.816. The molecule has 1 aliphatic carbocycles. The number of fused-ring (bicyclic) bond motifs is 2. The molecule has 1 aliphatic heterocycles. The van der Waals surface area contributed by atoms with E-state index in [9.17, 15) is 0 Å². The van der Waals surface area contributed by atoms with Crippen molar-refractivity contribution in [2.75, 3.05) is 13.6 Å². The summed E-state index contributed by atoms with van der Waals surface area (Å²) in [5, 5.41) is 2.47. The van der Waals surface area contributed by atoms with E-state index in [1.54, 1.807) is 0 Å². The molecule has 76 valence electrons. The summed E-state index contributed by atoms with van der Waals surface area (Å²) in [6.07, 6.45) is 5.69. The zero-order valence-corrected chi connectivity index (χ0v) is 9.14. The Morgan fingerprint density at radius 2 is 2.08 bits per heavy atom. The molecule has 2 nitrogen and oxygen atoms in total. The van der Waals surface area contributed by atoms with Crippen molar-refractivity contribution in [3.8, 4) is 0 Å². The lowest BCUT2D eigenvalue weighted by atomic mass is 9.82. The molecule has 0 radical (unpaired) electrons. The molecule has 0 amide bonds. The zero-order valence-electron chi connectivity index (χ0n) is 9.14. The highest BCUT2D eigenvalue weighted by Crippen LogP contribution is 2.41. The van der Waals surface area contributed by atoms with Gasteiger partial charge in [-0.25, -0.2) is 5.01 Å². The van der Waals surface area contributed by atoms with E-state index in [2.05, 4.69) is 31.3 Å². The molecule has 1 saturated heterocycles. The summed E-state index contributed by atoms with van der Waals surface area (Å²) in [5.74, 6) is 0.998. The first-order valence-electron chi connectivity index (χ1n) is 5.55. The first-order chi connectivity index (χ1) is 6.11. The Morgan fingerprint density at radius 1 is 1.31 bits per heavy atom. The predicted molar refractivity (Wildman–Crippen MR) is 55.3 cm³/mol. The molecule has 0 spiro atoms. The van der Waals surface area contributed by atoms with Gasteiger partial charge in [-0.05, 0) is 44.1 Å². The Bertz CT molecular complexity index is 189. The molecule has 2 fully saturated rings. The summed E-state index contributed by atoms with van der Waals surface area (Å²) in [7, 11) is 2.06. The molecule has 1 saturated carbocycles. The largest absolute Gasteiger partial charge is 0.258 e. The molecule has 0 aromatic carbocycles. The van der Waals surface area contributed by atoms with Crippen molar-refractivity contribution in [1.82, 2.24) is 10.4 Å². The fourth-order valence-corrected chi connectivity index (χ4v) is 3.21. The number of nitrogens with one attached hydrogen (secondary N) is 1. The number of hydrazine groups is 1. The van der Waals surface area contributed by atoms with Crippen LogP contribution >= 0.6 is 0 Å². The van der Waals surface area contributed by atoms with Crippen LogP contribution in [0.4, 0.5) is 0 Å². The van der Waals surface area contributed by atoms with Crippen LogP contribution in [-0.4, -0.2) is 24.6 Å². The van der Waals surface area contributed by atoms with E-state index in [0.29, 0.717) is 5.41 Å². The van der Waals surface area contributed by atoms with E-state index in [1.165, 1.54) is 32.2 Å². The number of rotatable bonds is 1. The van der Waals surface area contributed by atoms with Crippen molar-refractivity contribution >= 4 is 0 Å². The highest BCUT2D eigenvalue weighted by Gasteiger charge is 2.38. The second kappa shape index (κ2) is 3.25. The van der Waals surface area contributed by atoms with Crippen LogP contribution in [0.5, 0.6) is 0 Å². The molecule has 2 rings (SSSR count). The van der Waals surface area contributed by atoms with Crippen LogP contribution in [0.15, 0.2) is 0 Å². The van der Waals surface area contributed by atoms with Gasteiger partial charge in [0.15, 0.2) is 0 Å². The third-order valence-electron chi connectivity index (χ3n) is 3.68. The second-order valence-electron chi connectivity index (χ2n) is 5.55. The third kappa shape index (κ3) is 1.89. The smallest absolute Gasteiger partial charge is 0.0246 e. The van der Waals surface area contributed by atoms with E-state index in [1.807, 2.05) is 0 Å². The lowest BCUT2D eigenvalue weighted by Gasteiger charge is -2.34. The molecule has 2 aliphatic rings. The minimum Gasteiger partial charge on any atom is -0.258 e. The Morgan fingerprint density at radius 3 is 2.77 bits per heavy atom. The molecule has 1 N–H and O–H groups in total. The molecule has 1 heterocycles. The molecule has 2 bridgehead atoms. The van der Waals surface area contributed by atoms with E-state index >= 15 is 0 Å². The SMILES string of the molecule is CNN1CC(C)(C)CC2CCC1C2. The van der Waals surface area contributed by atoms with Crippen LogP contribution in [0.2, 0.25) is 0 Å². The monoisotopic (exact) mass is 182 g/mol. The summed E-state index contributed by atoms with van der Waals surface area (Å²) in [6.45, 7) is 6.01. The Hall–Kier alpha value is -0.0800. The van der Waals surface area contributed by atoms with Gasteiger partial charge in [0.05, 0.1) is 0 Å². The topological polar surface area (TPSA) is 15.3 Å². The van der Waals surface area contributed by atoms with Gasteiger partial charge in [-0.15, -0.1) is 0 Å². The van der Waals surface area contributed by atoms with Gasteiger partial charge in [0.1, 0.15) is 0 Å². The van der Waals surface area contributed by atoms with E-state index < -0.39 is 0 Å². The van der Waals surface area contributed by atoms with Gasteiger partial charge >= 0.3 is 0 Å². The van der Waals surface area contributed by atoms with E-state index in [4.69, 9.17) is 0 Å². The van der Waals surface area contributed by atoms with Gasteiger partial charge in [-0.1, -0.05) is 13.8 Å². The van der Waals surface area contributed by atoms with Crippen molar-refractivity contribution in [2.45, 2.75) is 45.6 Å². The molecule has 2 heteroatoms. The molecular formula is C11H22N2. The predicted octanol–water partition coefficient (Wildman–Crippen LogP) is 2.02. The van der Waals surface area contributed by atoms with Gasteiger partial charge in [-0.2, -0.15) is 0 Å². The summed E-state index contributed by atoms with van der Waals surface area (Å²) in [5.41, 5.74) is 3.86. The standard InChI is InChI=1S/C11H22N2/c1-11(2)7-9-4-5-10(6-9)13(8-11)12-3/h9-10,12H,4-8H2,1-3H3. The molecule has 0 aromatic rings. The zero-order chi connectivity index (χ0) is 9.47. The lowest BCUT2D eigenvalue weighted by molar-refractivity contribution is 0.0919. The fraction of sp³-hybridized carbons (Fsp3) is 1.00. The molecule has 2 unspecified atom stereocenters. The molecular weight excluding hydrogens is 160 g/mol. The Kier molecular flexibility index (Phi) is 2.37. The van der Waals surface area contributed by atoms with Crippen molar-refractivity contribution < 1.29 is 0 Å². The maximum Gasteiger partial charge on any atom is 0.0246 e. The summed E-state index contributed by atoms with van der Waals surface area (Å²) >= 11 is 0. The minimum absolute atomic E-state index is 0.503. The van der Waals surface area contributed by atoms with Crippen LogP contribution in [-0.2, 0) is 0 Å². The number of hydrogen-bond acceptors (Lipinski definition) is 2. The van der Waals surface area contributed by atoms with Gasteiger partial charge < -0.3 is 0 Å². The van der Waals surface area contributed by atoms with Gasteiger partial charge in [0, 0.05) is 12.6 Å². The van der Waals surface area contributed by atoms with Crippen molar-refractivity contribution in [3.05, 3.63) is 0 Å². The molecule has 2 atom stereocenters. The lowest BCUT2D eigenvalue weighted by Crippen LogP contribution is -2.46. The van der Waals surface area contributed by atoms with Crippen LogP contribution < -0.4 is 5.43 Å². The average molecular weight is 182 g/mol. The summed E-state index contributed by atoms with van der Waals surface area (Å²) in [4.78, 5) is 0. The van der Waals surface area contributed by atoms with Gasteiger partial charge in [0.25, 0.3) is 0 Å². The first kappa shape index (κ1) is 9.47. The fourth-order valence-electron chi connectivity index (χ4n) is 3.21. The molecule has 0 aromatic heterocycles. The van der Waals surface area contributed by atoms with E-state index in [-0.39, 0.29) is 0 Å². The van der Waals surface area contributed by atoms with Crippen LogP contribution in [0, 0.1) is 11.3 Å². The summed E-state index contributed by atoms with van der Waals surface area (Å²) < 4.78 is 0. The molecule has 13 heavy (non-hydrogen) atoms. The minimum atomic E-state index is 0.503. The normalized spacial score (nSPS) is 39.0. The van der Waals surface area contributed by atoms with Gasteiger partial charge in [0.2, 0.25) is 0 Å². The van der Waals surface area contributed by atoms with Crippen LogP contribution in [0.3, 0.4) is 0 Å². The van der Waals surface area contributed by atoms with Crippen LogP contribution in [0.1, 0.15) is 39.5 Å². The second-order valence-corrected chi connectivity index (χ2v) is 5.55. The highest BCUT2D eigenvalue weighted by molar-refractivity contribution is 4.90. The van der Waals surface area contributed by atoms with Crippen molar-refractivity contribution in [2.24, 2.45) is 11.3 Å². The average Bonchev–Trinajstić information content (AvgIpc) is 2.41. The Labute approximate surface area is 81.7 Å². The quantitative estimate of drug-likeness (QED) is 0.667. The number of hydrogen-bond donors (Lipinski definition) is 1. The van der Waals surface area contributed by atoms with Crippen molar-refractivity contribution in [3.63, 3.8) is 0 Å². The maximum atomic E-state index is 3.36. The number of nitrogens with zero attached hydrogens (tertiary/aromatic N) is 1. The van der Waals surface area contributed by atoms with Crippen molar-refractivity contribution in [1.29, 1.82) is 0 Å². The van der Waals surface area contributed by atoms with Gasteiger partial charge in [-0.3, -0.25) is 5.43 Å². The Balaban J connectivity index is 2.12. The van der Waals surface area contributed by atoms with Crippen LogP contribution in [0.25, 0.3) is 0 Å².